The van der Waals surface area contributed by atoms with E-state index in [-0.39, 0.29) is 17.2 Å². The van der Waals surface area contributed by atoms with Gasteiger partial charge >= 0.3 is 0 Å². The van der Waals surface area contributed by atoms with Gasteiger partial charge in [0.1, 0.15) is 10.6 Å². The maximum absolute atomic E-state index is 13.8. The van der Waals surface area contributed by atoms with Crippen LogP contribution in [0.1, 0.15) is 43.2 Å². The Morgan fingerprint density at radius 3 is 2.44 bits per heavy atom. The number of fused-ring (bicyclic) bond motifs is 1. The molecule has 0 saturated carbocycles. The van der Waals surface area contributed by atoms with Crippen molar-refractivity contribution in [3.63, 3.8) is 0 Å². The molecular weight excluding hydrogens is 490 g/mol. The van der Waals surface area contributed by atoms with Crippen LogP contribution in [-0.4, -0.2) is 27.8 Å². The Hall–Kier alpha value is -3.10. The topological polar surface area (TPSA) is 73.2 Å². The molecule has 4 rings (SSSR count). The van der Waals surface area contributed by atoms with Crippen molar-refractivity contribution < 1.29 is 9.53 Å². The van der Waals surface area contributed by atoms with Crippen molar-refractivity contribution in [2.45, 2.75) is 52.1 Å². The Bertz CT molecular complexity index is 1410. The molecule has 0 spiro atoms. The molecule has 0 fully saturated rings. The lowest BCUT2D eigenvalue weighted by Gasteiger charge is -2.13. The van der Waals surface area contributed by atoms with Crippen LogP contribution < -0.4 is 15.6 Å². The molecule has 188 valence electrons. The zero-order chi connectivity index (χ0) is 25.7. The number of carbonyl (C=O) groups excluding carboxylic acids is 1. The van der Waals surface area contributed by atoms with Crippen molar-refractivity contribution in [1.82, 2.24) is 9.55 Å². The molecule has 36 heavy (non-hydrogen) atoms. The number of thioether (sulfide) groups is 1. The summed E-state index contributed by atoms with van der Waals surface area (Å²) in [6.07, 6.45) is 2.86. The number of anilines is 1. The summed E-state index contributed by atoms with van der Waals surface area (Å²) in [5.74, 6) is 0.727. The van der Waals surface area contributed by atoms with Crippen LogP contribution in [0.2, 0.25) is 0 Å². The summed E-state index contributed by atoms with van der Waals surface area (Å²) >= 11 is 2.84. The number of nitrogens with zero attached hydrogens (tertiary/aromatic N) is 2. The summed E-state index contributed by atoms with van der Waals surface area (Å²) in [5, 5.41) is 4.09. The summed E-state index contributed by atoms with van der Waals surface area (Å²) in [6.45, 7) is 8.73. The van der Waals surface area contributed by atoms with Crippen molar-refractivity contribution in [2.24, 2.45) is 0 Å². The van der Waals surface area contributed by atoms with Crippen LogP contribution >= 0.6 is 23.1 Å². The highest BCUT2D eigenvalue weighted by molar-refractivity contribution is 7.99. The van der Waals surface area contributed by atoms with Gasteiger partial charge in [-0.05, 0) is 74.2 Å². The molecule has 0 atom stereocenters. The first-order valence-corrected chi connectivity index (χ1v) is 14.0. The first-order chi connectivity index (χ1) is 17.4. The fraction of sp³-hybridized carbons (Fsp3) is 0.321. The molecule has 1 amide bonds. The highest BCUT2D eigenvalue weighted by Gasteiger charge is 2.20. The van der Waals surface area contributed by atoms with Crippen LogP contribution in [0.15, 0.2) is 58.5 Å². The third-order valence-corrected chi connectivity index (χ3v) is 8.08. The number of nitrogens with one attached hydrogen (secondary N) is 1. The van der Waals surface area contributed by atoms with E-state index in [1.807, 2.05) is 62.4 Å². The zero-order valence-electron chi connectivity index (χ0n) is 21.1. The van der Waals surface area contributed by atoms with E-state index < -0.39 is 0 Å². The maximum atomic E-state index is 13.8. The smallest absolute Gasteiger partial charge is 0.267 e. The van der Waals surface area contributed by atoms with E-state index in [1.54, 1.807) is 15.9 Å². The lowest BCUT2D eigenvalue weighted by Crippen LogP contribution is -2.23. The van der Waals surface area contributed by atoms with Gasteiger partial charge in [-0.3, -0.25) is 14.2 Å². The molecule has 6 nitrogen and oxygen atoms in total. The highest BCUT2D eigenvalue weighted by Crippen LogP contribution is 2.31. The zero-order valence-corrected chi connectivity index (χ0v) is 22.7. The summed E-state index contributed by atoms with van der Waals surface area (Å²) in [5.41, 5.74) is 3.55. The Morgan fingerprint density at radius 1 is 1.08 bits per heavy atom. The SMILES string of the molecule is CCCc1sc2nc(SCC(=O)Nc3ccc(CC)cc3)n(-c3ccc(OCC)cc3)c(=O)c2c1C. The predicted octanol–water partition coefficient (Wildman–Crippen LogP) is 6.40. The van der Waals surface area contributed by atoms with Crippen LogP contribution in [0.4, 0.5) is 5.69 Å². The van der Waals surface area contributed by atoms with Crippen LogP contribution in [0.3, 0.4) is 0 Å². The molecule has 1 N–H and O–H groups in total. The van der Waals surface area contributed by atoms with E-state index in [9.17, 15) is 9.59 Å². The minimum atomic E-state index is -0.147. The quantitative estimate of drug-likeness (QED) is 0.193. The second kappa shape index (κ2) is 11.8. The van der Waals surface area contributed by atoms with Crippen LogP contribution in [0.5, 0.6) is 5.75 Å². The predicted molar refractivity (Wildman–Crippen MR) is 150 cm³/mol. The molecule has 0 aliphatic carbocycles. The number of carbonyl (C=O) groups is 1. The molecule has 0 unspecified atom stereocenters. The highest BCUT2D eigenvalue weighted by atomic mass is 32.2. The van der Waals surface area contributed by atoms with Crippen molar-refractivity contribution in [3.8, 4) is 11.4 Å². The first kappa shape index (κ1) is 26.0. The molecule has 2 aromatic carbocycles. The number of hydrogen-bond acceptors (Lipinski definition) is 6. The van der Waals surface area contributed by atoms with Gasteiger partial charge in [-0.1, -0.05) is 44.2 Å². The van der Waals surface area contributed by atoms with Crippen LogP contribution in [0, 0.1) is 6.92 Å². The number of benzene rings is 2. The first-order valence-electron chi connectivity index (χ1n) is 12.2. The molecule has 8 heteroatoms. The summed E-state index contributed by atoms with van der Waals surface area (Å²) < 4.78 is 7.18. The number of rotatable bonds is 10. The van der Waals surface area contributed by atoms with Gasteiger partial charge in [0.2, 0.25) is 5.91 Å². The number of thiophene rings is 1. The van der Waals surface area contributed by atoms with E-state index in [2.05, 4.69) is 19.2 Å². The van der Waals surface area contributed by atoms with Gasteiger partial charge in [-0.25, -0.2) is 4.98 Å². The monoisotopic (exact) mass is 521 g/mol. The fourth-order valence-electron chi connectivity index (χ4n) is 4.01. The third kappa shape index (κ3) is 5.65. The Kier molecular flexibility index (Phi) is 8.48. The number of aryl methyl sites for hydroxylation is 3. The molecular formula is C28H31N3O3S2. The Labute approximate surface area is 219 Å². The second-order valence-electron chi connectivity index (χ2n) is 8.43. The number of aromatic nitrogens is 2. The normalized spacial score (nSPS) is 11.1. The molecule has 4 aromatic rings. The van der Waals surface area contributed by atoms with E-state index in [0.717, 1.165) is 41.1 Å². The van der Waals surface area contributed by atoms with Gasteiger partial charge < -0.3 is 10.1 Å². The molecule has 0 aliphatic heterocycles. The second-order valence-corrected chi connectivity index (χ2v) is 10.5. The number of hydrogen-bond donors (Lipinski definition) is 1. The van der Waals surface area contributed by atoms with E-state index in [0.29, 0.717) is 22.8 Å². The number of ether oxygens (including phenoxy) is 1. The lowest BCUT2D eigenvalue weighted by molar-refractivity contribution is -0.113. The van der Waals surface area contributed by atoms with Gasteiger partial charge in [0.05, 0.1) is 23.4 Å². The summed E-state index contributed by atoms with van der Waals surface area (Å²) in [7, 11) is 0. The lowest BCUT2D eigenvalue weighted by atomic mass is 10.1. The maximum Gasteiger partial charge on any atom is 0.267 e. The summed E-state index contributed by atoms with van der Waals surface area (Å²) in [6, 6.07) is 15.2. The van der Waals surface area contributed by atoms with Gasteiger partial charge in [0.25, 0.3) is 5.56 Å². The average molecular weight is 522 g/mol. The van der Waals surface area contributed by atoms with Crippen LogP contribution in [0.25, 0.3) is 15.9 Å². The molecule has 0 aliphatic rings. The van der Waals surface area contributed by atoms with E-state index in [4.69, 9.17) is 9.72 Å². The standard InChI is InChI=1S/C28H31N3O3S2/c1-5-8-23-18(4)25-26(36-23)30-28(31(27(25)33)21-13-15-22(16-14-21)34-7-3)35-17-24(32)29-20-11-9-19(6-2)10-12-20/h9-16H,5-8,17H2,1-4H3,(H,29,32). The largest absolute Gasteiger partial charge is 0.494 e. The Morgan fingerprint density at radius 2 is 1.81 bits per heavy atom. The van der Waals surface area contributed by atoms with Crippen LogP contribution in [-0.2, 0) is 17.6 Å². The molecule has 2 heterocycles. The van der Waals surface area contributed by atoms with E-state index in [1.165, 1.54) is 22.2 Å². The van der Waals surface area contributed by atoms with Crippen molar-refractivity contribution >= 4 is 44.9 Å². The Balaban J connectivity index is 1.68. The minimum Gasteiger partial charge on any atom is -0.494 e. The molecule has 0 radical (unpaired) electrons. The third-order valence-electron chi connectivity index (χ3n) is 5.89. The fourth-order valence-corrected chi connectivity index (χ4v) is 6.14. The van der Waals surface area contributed by atoms with Crippen molar-refractivity contribution in [3.05, 3.63) is 74.9 Å². The summed E-state index contributed by atoms with van der Waals surface area (Å²) in [4.78, 5) is 33.3. The van der Waals surface area contributed by atoms with Gasteiger partial charge in [-0.2, -0.15) is 0 Å². The minimum absolute atomic E-state index is 0.113. The van der Waals surface area contributed by atoms with Gasteiger partial charge in [-0.15, -0.1) is 11.3 Å². The average Bonchev–Trinajstić information content (AvgIpc) is 3.19. The van der Waals surface area contributed by atoms with E-state index >= 15 is 0 Å². The van der Waals surface area contributed by atoms with Gasteiger partial charge in [0.15, 0.2) is 5.16 Å². The molecule has 0 bridgehead atoms. The van der Waals surface area contributed by atoms with Crippen molar-refractivity contribution in [2.75, 3.05) is 17.7 Å². The number of amides is 1. The molecule has 2 aromatic heterocycles. The van der Waals surface area contributed by atoms with Crippen molar-refractivity contribution in [1.29, 1.82) is 0 Å². The van der Waals surface area contributed by atoms with Gasteiger partial charge in [0, 0.05) is 10.6 Å². The molecule has 0 saturated heterocycles.